The normalized spacial score (nSPS) is 11.0. The minimum atomic E-state index is 0. The van der Waals surface area contributed by atoms with Crippen molar-refractivity contribution in [1.29, 1.82) is 0 Å². The summed E-state index contributed by atoms with van der Waals surface area (Å²) in [7, 11) is 0. The van der Waals surface area contributed by atoms with Crippen molar-refractivity contribution >= 4 is 0 Å². The minimum Gasteiger partial charge on any atom is -0.394 e. The van der Waals surface area contributed by atoms with E-state index in [1.165, 1.54) is 0 Å². The number of rotatable bonds is 9. The van der Waals surface area contributed by atoms with Crippen LogP contribution in [0.25, 0.3) is 0 Å². The zero-order valence-electron chi connectivity index (χ0n) is 23.7. The molecule has 0 aliphatic heterocycles. The van der Waals surface area contributed by atoms with Gasteiger partial charge < -0.3 is 72.9 Å². The van der Waals surface area contributed by atoms with Gasteiger partial charge in [0.1, 0.15) is 0 Å². The van der Waals surface area contributed by atoms with E-state index in [1.54, 1.807) is 6.08 Å². The molecular formula is C30H48Y3-6. The third-order valence-corrected chi connectivity index (χ3v) is 3.78. The molecule has 0 bridgehead atoms. The summed E-state index contributed by atoms with van der Waals surface area (Å²) in [4.78, 5) is 0. The van der Waals surface area contributed by atoms with Crippen LogP contribution in [-0.4, -0.2) is 0 Å². The van der Waals surface area contributed by atoms with Crippen LogP contribution in [0.15, 0.2) is 34.9 Å². The summed E-state index contributed by atoms with van der Waals surface area (Å²) in [6.45, 7) is 41.9. The van der Waals surface area contributed by atoms with Crippen LogP contribution >= 0.6 is 0 Å². The first kappa shape index (κ1) is 47.9. The molecule has 0 amide bonds. The van der Waals surface area contributed by atoms with Crippen LogP contribution in [0.1, 0.15) is 83.1 Å². The van der Waals surface area contributed by atoms with Gasteiger partial charge in [0, 0.05) is 98.1 Å². The molecule has 3 heteroatoms. The summed E-state index contributed by atoms with van der Waals surface area (Å²) in [5.41, 5.74) is 2.78. The predicted molar refractivity (Wildman–Crippen MR) is 136 cm³/mol. The van der Waals surface area contributed by atoms with Crippen LogP contribution in [0.5, 0.6) is 0 Å². The van der Waals surface area contributed by atoms with Crippen LogP contribution in [0, 0.1) is 73.5 Å². The topological polar surface area (TPSA) is 0 Å². The molecule has 0 fully saturated rings. The molecule has 183 valence electrons. The molecule has 0 saturated carbocycles. The van der Waals surface area contributed by atoms with Gasteiger partial charge in [0.05, 0.1) is 0 Å². The first-order chi connectivity index (χ1) is 13.7. The van der Waals surface area contributed by atoms with E-state index >= 15 is 0 Å². The van der Waals surface area contributed by atoms with Gasteiger partial charge in [-0.05, 0) is 0 Å². The third-order valence-electron chi connectivity index (χ3n) is 3.78. The van der Waals surface area contributed by atoms with Gasteiger partial charge in [-0.1, -0.05) is 83.1 Å². The van der Waals surface area contributed by atoms with Crippen molar-refractivity contribution in [3.63, 3.8) is 0 Å². The zero-order valence-corrected chi connectivity index (χ0v) is 32.2. The third kappa shape index (κ3) is 36.0. The zero-order chi connectivity index (χ0) is 24.4. The Hall–Kier alpha value is 1.75. The molecular weight excluding hydrogens is 627 g/mol. The smallest absolute Gasteiger partial charge is 0 e. The van der Waals surface area contributed by atoms with E-state index in [-0.39, 0.29) is 98.1 Å². The quantitative estimate of drug-likeness (QED) is 0.169. The Bertz CT molecular complexity index is 523. The molecule has 0 atom stereocenters. The Morgan fingerprint density at radius 3 is 0.970 bits per heavy atom. The van der Waals surface area contributed by atoms with E-state index in [0.29, 0.717) is 35.5 Å². The maximum Gasteiger partial charge on any atom is 0 e. The van der Waals surface area contributed by atoms with Crippen LogP contribution < -0.4 is 0 Å². The molecule has 33 heavy (non-hydrogen) atoms. The largest absolute Gasteiger partial charge is 0.394 e. The Balaban J connectivity index is -0.0000000792. The molecule has 0 aromatic heterocycles. The Morgan fingerprint density at radius 1 is 0.545 bits per heavy atom. The second kappa shape index (κ2) is 30.0. The number of hydrogen-bond donors (Lipinski definition) is 0. The minimum absolute atomic E-state index is 0. The summed E-state index contributed by atoms with van der Waals surface area (Å²) < 4.78 is 0. The molecule has 0 aliphatic rings. The van der Waals surface area contributed by atoms with Gasteiger partial charge in [-0.15, -0.1) is 35.5 Å². The van der Waals surface area contributed by atoms with Crippen molar-refractivity contribution in [2.75, 3.05) is 0 Å². The van der Waals surface area contributed by atoms with Crippen LogP contribution in [-0.2, 0) is 98.1 Å². The Kier molecular flexibility index (Phi) is 43.5. The molecule has 0 aromatic rings. The van der Waals surface area contributed by atoms with Crippen molar-refractivity contribution in [2.24, 2.45) is 35.5 Å². The molecule has 0 rings (SSSR count). The van der Waals surface area contributed by atoms with Crippen molar-refractivity contribution < 1.29 is 98.1 Å². The maximum absolute atomic E-state index is 5.72. The van der Waals surface area contributed by atoms with Gasteiger partial charge in [0.2, 0.25) is 0 Å². The standard InChI is InChI=1S/3C10H16.3Y/c1-7(2)9(5)10(6)8(3)4;1-9(2)7-5-6-8-10(3)4;1-6-10(9(4)5)7-8(2)3;;;/h5-8H,1-4H3;5-6,9-10H,1-4H3;1,6,8-9H,2-5H3;;;/q3*-2;;;. The van der Waals surface area contributed by atoms with Gasteiger partial charge in [0.15, 0.2) is 0 Å². The molecule has 0 N–H and O–H groups in total. The van der Waals surface area contributed by atoms with E-state index in [2.05, 4.69) is 73.6 Å². The van der Waals surface area contributed by atoms with Crippen molar-refractivity contribution in [3.8, 4) is 0 Å². The van der Waals surface area contributed by atoms with Gasteiger partial charge in [-0.25, -0.2) is 0 Å². The Labute approximate surface area is 285 Å². The fourth-order valence-corrected chi connectivity index (χ4v) is 1.89. The van der Waals surface area contributed by atoms with E-state index in [4.69, 9.17) is 19.7 Å². The van der Waals surface area contributed by atoms with Gasteiger partial charge >= 0.3 is 0 Å². The molecule has 0 heterocycles. The van der Waals surface area contributed by atoms with Crippen molar-refractivity contribution in [3.05, 3.63) is 72.9 Å². The fraction of sp³-hybridized carbons (Fsp3) is 0.600. The van der Waals surface area contributed by atoms with E-state index < -0.39 is 0 Å². The second-order valence-corrected chi connectivity index (χ2v) is 9.27. The summed E-state index contributed by atoms with van der Waals surface area (Å²) >= 11 is 0. The first-order valence-electron chi connectivity index (χ1n) is 11.3. The summed E-state index contributed by atoms with van der Waals surface area (Å²) in [6.07, 6.45) is 15.1. The Morgan fingerprint density at radius 2 is 0.848 bits per heavy atom. The van der Waals surface area contributed by atoms with E-state index in [0.717, 1.165) is 16.7 Å². The second-order valence-electron chi connectivity index (χ2n) is 9.27. The molecule has 0 aromatic carbocycles. The van der Waals surface area contributed by atoms with Crippen LogP contribution in [0.2, 0.25) is 0 Å². The van der Waals surface area contributed by atoms with Crippen LogP contribution in [0.3, 0.4) is 0 Å². The van der Waals surface area contributed by atoms with Crippen molar-refractivity contribution in [1.82, 2.24) is 0 Å². The molecule has 0 spiro atoms. The van der Waals surface area contributed by atoms with Crippen molar-refractivity contribution in [2.45, 2.75) is 83.1 Å². The average molecular weight is 675 g/mol. The van der Waals surface area contributed by atoms with Gasteiger partial charge in [-0.2, -0.15) is 0 Å². The molecule has 0 nitrogen and oxygen atoms in total. The molecule has 0 unspecified atom stereocenters. The van der Waals surface area contributed by atoms with Gasteiger partial charge in [0.25, 0.3) is 0 Å². The van der Waals surface area contributed by atoms with E-state index in [1.807, 2.05) is 39.8 Å². The first-order valence-corrected chi connectivity index (χ1v) is 11.3. The SMILES string of the molecule is CC(C)[C-]=CC=[C-]C(C)C.[CH-]=C(C(=[CH-])C(C)C)C(C)C.[CH-]=CC(=[C-]C(C)C)C(C)C.[Y].[Y].[Y]. The fourth-order valence-electron chi connectivity index (χ4n) is 1.89. The van der Waals surface area contributed by atoms with E-state index in [9.17, 15) is 0 Å². The number of allylic oxidation sites excluding steroid dienone is 9. The summed E-state index contributed by atoms with van der Waals surface area (Å²) in [5, 5.41) is 0. The van der Waals surface area contributed by atoms with Gasteiger partial charge in [-0.3, -0.25) is 0 Å². The molecule has 0 saturated heterocycles. The number of hydrogen-bond acceptors (Lipinski definition) is 0. The average Bonchev–Trinajstić information content (AvgIpc) is 2.62. The maximum atomic E-state index is 5.72. The van der Waals surface area contributed by atoms with Crippen LogP contribution in [0.4, 0.5) is 0 Å². The molecule has 0 aliphatic carbocycles. The predicted octanol–water partition coefficient (Wildman–Crippen LogP) is 9.04. The summed E-state index contributed by atoms with van der Waals surface area (Å²) in [6, 6.07) is 0. The summed E-state index contributed by atoms with van der Waals surface area (Å²) in [5.74, 6) is 2.73. The monoisotopic (exact) mass is 675 g/mol. The molecule has 3 radical (unpaired) electrons.